The summed E-state index contributed by atoms with van der Waals surface area (Å²) in [6, 6.07) is 15.7. The molecule has 0 aliphatic carbocycles. The largest absolute Gasteiger partial charge is 0.497 e. The van der Waals surface area contributed by atoms with Crippen molar-refractivity contribution < 1.29 is 57.3 Å². The maximum atomic E-state index is 12.9. The number of carbonyl (C=O) groups excluding carboxylic acids is 2. The third-order valence-electron chi connectivity index (χ3n) is 15.9. The molecule has 35 heteroatoms. The van der Waals surface area contributed by atoms with Gasteiger partial charge in [-0.05, 0) is 70.9 Å². The molecule has 5 aliphatic heterocycles. The minimum absolute atomic E-state index is 0. The number of hydrogen-bond donors (Lipinski definition) is 1. The van der Waals surface area contributed by atoms with Gasteiger partial charge >= 0.3 is 5.97 Å². The topological polar surface area (TPSA) is 137 Å². The fraction of sp³-hybridized carbons (Fsp3) is 0.695. The minimum Gasteiger partial charge on any atom is -0.497 e. The molecule has 538 valence electrons. The molecule has 2 aromatic rings. The fourth-order valence-electron chi connectivity index (χ4n) is 10.6. The number of rotatable bonds is 22. The molecule has 0 unspecified atom stereocenters. The van der Waals surface area contributed by atoms with Crippen LogP contribution < -0.4 is 9.47 Å². The standard InChI is InChI=1S/C29H44O6.C15H24O4.C14H19IO2.CH4.S22/c1-7-18(3)26-16-28-27(34-26)15-24(31)29(35-28)20(5)14-22(30)13-19(4)25(8-2)33-17-21-9-11-23(32-6)12-10-21;1-4-8(2)10-6-12-11(17-10)7-13-15(19-12)9(3)5-14(16)18-13;1-4-14(11(2)9-15)17-10-12-5-7-13(16-3)8-6-12;;1-3-5-7-9-11-13-15-17-19-21-22-20-18-16-14-12-10-8-6-4-2/h8-12,18-20,24-29,31H,2,7,13-17H2,1,3-6H3;8-13,15H,4-7H2,1-3H3;4-8,11,14H,1,9-10H2,2-3H3;1H4;/t18-,19-,20-,24-,25+,26-,27+,28+,29-;8-,9-,10-,11+,12+,13-,15-;11-,14+;;/m000../s1. The molecule has 0 radical (unpaired) electrons. The molecule has 0 bridgehead atoms. The molecule has 12 nitrogen and oxygen atoms in total. The van der Waals surface area contributed by atoms with Crippen molar-refractivity contribution in [2.75, 3.05) is 18.6 Å². The van der Waals surface area contributed by atoms with Gasteiger partial charge in [-0.2, -0.15) is 0 Å². The van der Waals surface area contributed by atoms with Crippen LogP contribution in [0.1, 0.15) is 132 Å². The Morgan fingerprint density at radius 3 is 1.37 bits per heavy atom. The summed E-state index contributed by atoms with van der Waals surface area (Å²) in [7, 11) is 37.8. The van der Waals surface area contributed by atoms with Gasteiger partial charge in [-0.15, -0.1) is 13.2 Å². The Labute approximate surface area is 640 Å². The van der Waals surface area contributed by atoms with Crippen molar-refractivity contribution in [3.63, 3.8) is 0 Å². The van der Waals surface area contributed by atoms with Gasteiger partial charge in [-0.1, -0.05) is 135 Å². The van der Waals surface area contributed by atoms with Crippen LogP contribution in [0.3, 0.4) is 0 Å². The average molecular weight is 1820 g/mol. The second-order valence-electron chi connectivity index (χ2n) is 22.3. The summed E-state index contributed by atoms with van der Waals surface area (Å²) in [4.78, 5) is 24.4. The van der Waals surface area contributed by atoms with Crippen molar-refractivity contribution in [1.29, 1.82) is 0 Å². The van der Waals surface area contributed by atoms with E-state index < -0.39 is 6.10 Å². The van der Waals surface area contributed by atoms with Crippen LogP contribution in [-0.4, -0.2) is 109 Å². The molecule has 0 saturated carbocycles. The molecular weight excluding hydrogens is 1730 g/mol. The molecule has 0 amide bonds. The van der Waals surface area contributed by atoms with E-state index in [2.05, 4.69) is 77.3 Å². The van der Waals surface area contributed by atoms with Crippen LogP contribution in [0.2, 0.25) is 0 Å². The maximum Gasteiger partial charge on any atom is 0.306 e. The Hall–Kier alpha value is 1.95. The Morgan fingerprint density at radius 2 is 0.979 bits per heavy atom. The molecule has 1 N–H and O–H groups in total. The number of ketones is 1. The number of benzene rings is 2. The summed E-state index contributed by atoms with van der Waals surface area (Å²) in [6.45, 7) is 25.9. The van der Waals surface area contributed by atoms with E-state index >= 15 is 0 Å². The lowest BCUT2D eigenvalue weighted by atomic mass is 9.86. The van der Waals surface area contributed by atoms with Crippen LogP contribution in [-0.2, 0) is 256 Å². The van der Waals surface area contributed by atoms with Crippen LogP contribution in [0.15, 0.2) is 73.8 Å². The first-order chi connectivity index (χ1) is 44.9. The van der Waals surface area contributed by atoms with Crippen molar-refractivity contribution in [2.45, 2.75) is 207 Å². The third kappa shape index (κ3) is 34.7. The third-order valence-corrected chi connectivity index (χ3v) is 59.5. The van der Waals surface area contributed by atoms with Crippen molar-refractivity contribution in [3.05, 3.63) is 85.0 Å². The van der Waals surface area contributed by atoms with Crippen molar-refractivity contribution in [3.8, 4) is 11.5 Å². The zero-order chi connectivity index (χ0) is 67.9. The van der Waals surface area contributed by atoms with Gasteiger partial charge in [0, 0.05) is 243 Å². The van der Waals surface area contributed by atoms with Crippen molar-refractivity contribution in [2.24, 2.45) is 35.5 Å². The number of fused-ring (bicyclic) bond motifs is 3. The number of aliphatic hydroxyl groups is 1. The van der Waals surface area contributed by atoms with Crippen LogP contribution in [0.25, 0.3) is 0 Å². The minimum atomic E-state index is -0.610. The van der Waals surface area contributed by atoms with E-state index in [0.29, 0.717) is 62.8 Å². The average Bonchev–Trinajstić information content (AvgIpc) is 1.57. The molecule has 5 aliphatic rings. The number of hydrogen-bond acceptors (Lipinski definition) is 14. The van der Waals surface area contributed by atoms with Gasteiger partial charge in [-0.25, -0.2) is 0 Å². The molecule has 18 atom stereocenters. The van der Waals surface area contributed by atoms with E-state index in [9.17, 15) is 14.7 Å². The first kappa shape index (κ1) is 90.2. The van der Waals surface area contributed by atoms with E-state index in [1.165, 1.54) is 17.8 Å². The Kier molecular flexibility index (Phi) is 51.5. The second-order valence-corrected chi connectivity index (χ2v) is 58.6. The lowest BCUT2D eigenvalue weighted by Gasteiger charge is -2.42. The van der Waals surface area contributed by atoms with E-state index in [0.717, 1.165) is 59.2 Å². The van der Waals surface area contributed by atoms with Gasteiger partial charge in [0.1, 0.15) is 23.4 Å². The number of methoxy groups -OCH3 is 2. The van der Waals surface area contributed by atoms with Crippen LogP contribution in [0.5, 0.6) is 11.5 Å². The molecule has 5 heterocycles. The summed E-state index contributed by atoms with van der Waals surface area (Å²) >= 11 is 11.9. The summed E-state index contributed by atoms with van der Waals surface area (Å²) < 4.78 is 53.5. The summed E-state index contributed by atoms with van der Waals surface area (Å²) in [6.07, 6.45) is 10.0. The lowest BCUT2D eigenvalue weighted by Crippen LogP contribution is -2.53. The van der Waals surface area contributed by atoms with Gasteiger partial charge in [0.25, 0.3) is 0 Å². The van der Waals surface area contributed by atoms with Gasteiger partial charge in [0.2, 0.25) is 0 Å². The van der Waals surface area contributed by atoms with Gasteiger partial charge in [0.15, 0.2) is 0 Å². The molecular formula is C59H91IO12S22. The molecule has 7 rings (SSSR count). The first-order valence-electron chi connectivity index (χ1n) is 29.9. The van der Waals surface area contributed by atoms with E-state index in [4.69, 9.17) is 65.0 Å². The number of halogens is 1. The fourth-order valence-corrected chi connectivity index (χ4v) is 60.5. The van der Waals surface area contributed by atoms with E-state index in [1.807, 2.05) is 68.5 Å². The van der Waals surface area contributed by atoms with Gasteiger partial charge in [0.05, 0.1) is 101 Å². The SMILES string of the molecule is C.C=C[C@@H](OCc1ccc(OC)cc1)[C@@H](C)CC(=O)C[C@H](C)[C@@H]1O[C@@H]2C[C@@H]([C@@H](C)CC)O[C@@H]2C[C@@H]1O.C=C[C@@H](OCc1ccc(OC)cc1)[C@@H](C)CI.CC[C@H](C)[C@@H]1C[C@H]2O[C@@H]3[C@H](C[C@H]2O1)OC(=O)C[C@@H]3C.S=S=S=S=S=S=S=S=S=S=S=S=S=S=S=S=S=S=S=S=S=S. The molecule has 5 fully saturated rings. The normalized spacial score (nSPS) is 24.9. The number of esters is 1. The Morgan fingerprint density at radius 1 is 0.585 bits per heavy atom. The summed E-state index contributed by atoms with van der Waals surface area (Å²) in [5.74, 6) is 3.48. The zero-order valence-electron chi connectivity index (χ0n) is 53.4. The summed E-state index contributed by atoms with van der Waals surface area (Å²) in [5, 5.41) is 10.7. The lowest BCUT2D eigenvalue weighted by molar-refractivity contribution is -0.211. The molecule has 0 aromatic heterocycles. The van der Waals surface area contributed by atoms with E-state index in [-0.39, 0.29) is 98.0 Å². The van der Waals surface area contributed by atoms with Crippen molar-refractivity contribution >= 4 is 234 Å². The Bertz CT molecular complexity index is 3540. The van der Waals surface area contributed by atoms with Crippen molar-refractivity contribution in [1.82, 2.24) is 0 Å². The first-order valence-corrected chi connectivity index (χ1v) is 59.4. The predicted molar refractivity (Wildman–Crippen MR) is 455 cm³/mol. The maximum absolute atomic E-state index is 12.9. The monoisotopic (exact) mass is 1820 g/mol. The van der Waals surface area contributed by atoms with Gasteiger partial charge in [-0.3, -0.25) is 9.59 Å². The molecule has 5 saturated heterocycles. The highest BCUT2D eigenvalue weighted by atomic mass is 127. The number of alkyl halides is 1. The zero-order valence-corrected chi connectivity index (χ0v) is 73.5. The van der Waals surface area contributed by atoms with Crippen LogP contribution >= 0.6 is 22.6 Å². The molecule has 0 spiro atoms. The Balaban J connectivity index is 0.000000341. The molecule has 94 heavy (non-hydrogen) atoms. The quantitative estimate of drug-likeness (QED) is 0.0518. The second kappa shape index (κ2) is 53.7. The smallest absolute Gasteiger partial charge is 0.306 e. The summed E-state index contributed by atoms with van der Waals surface area (Å²) in [5.41, 5.74) is 2.19. The number of ether oxygens (including phenoxy) is 9. The molecule has 2 aromatic carbocycles. The number of aliphatic hydroxyl groups excluding tert-OH is 1. The van der Waals surface area contributed by atoms with Crippen LogP contribution in [0, 0.1) is 35.5 Å². The highest BCUT2D eigenvalue weighted by Gasteiger charge is 2.51. The highest BCUT2D eigenvalue weighted by Crippen LogP contribution is 2.42. The van der Waals surface area contributed by atoms with Gasteiger partial charge < -0.3 is 47.7 Å². The predicted octanol–water partition coefficient (Wildman–Crippen LogP) is 11.8. The van der Waals surface area contributed by atoms with E-state index in [1.54, 1.807) is 180 Å². The number of Topliss-reactive ketones (excluding diaryl/α,β-unsaturated/α-hetero) is 1. The van der Waals surface area contributed by atoms with Crippen LogP contribution in [0.4, 0.5) is 0 Å². The number of carbonyl (C=O) groups is 2. The highest BCUT2D eigenvalue weighted by molar-refractivity contribution is 14.1.